The van der Waals surface area contributed by atoms with Gasteiger partial charge in [0.1, 0.15) is 18.2 Å². The number of ether oxygens (including phenoxy) is 2. The Morgan fingerprint density at radius 1 is 1.24 bits per heavy atom. The van der Waals surface area contributed by atoms with Gasteiger partial charge in [-0.2, -0.15) is 0 Å². The van der Waals surface area contributed by atoms with Gasteiger partial charge in [0, 0.05) is 51.7 Å². The first-order valence-electron chi connectivity index (χ1n) is 9.45. The maximum atomic E-state index is 15.1. The molecule has 1 aromatic heterocycles. The minimum atomic E-state index is -0.372. The van der Waals surface area contributed by atoms with Gasteiger partial charge in [0.05, 0.1) is 0 Å². The van der Waals surface area contributed by atoms with E-state index in [9.17, 15) is 4.79 Å². The van der Waals surface area contributed by atoms with Crippen LogP contribution in [0.25, 0.3) is 11.1 Å². The third-order valence-corrected chi connectivity index (χ3v) is 5.92. The highest BCUT2D eigenvalue weighted by molar-refractivity contribution is 7.12. The van der Waals surface area contributed by atoms with E-state index in [2.05, 4.69) is 5.32 Å². The number of carbonyl (C=O) groups is 1. The number of fused-ring (bicyclic) bond motifs is 1. The molecule has 1 aliphatic heterocycles. The van der Waals surface area contributed by atoms with E-state index in [1.807, 2.05) is 50.2 Å². The lowest BCUT2D eigenvalue weighted by atomic mass is 10.0. The van der Waals surface area contributed by atoms with Crippen molar-refractivity contribution in [3.63, 3.8) is 0 Å². The van der Waals surface area contributed by atoms with Gasteiger partial charge in [0.2, 0.25) is 0 Å². The second-order valence-corrected chi connectivity index (χ2v) is 8.58. The molecule has 1 N–H and O–H groups in total. The van der Waals surface area contributed by atoms with E-state index < -0.39 is 0 Å². The molecular formula is C23H22FNO3S. The normalized spacial score (nSPS) is 15.0. The van der Waals surface area contributed by atoms with Gasteiger partial charge in [-0.1, -0.05) is 18.2 Å². The lowest BCUT2D eigenvalue weighted by Crippen LogP contribution is -2.09. The third-order valence-electron chi connectivity index (χ3n) is 4.95. The van der Waals surface area contributed by atoms with E-state index in [-0.39, 0.29) is 17.9 Å². The third kappa shape index (κ3) is 3.98. The predicted molar refractivity (Wildman–Crippen MR) is 113 cm³/mol. The minimum absolute atomic E-state index is 0.201. The average molecular weight is 411 g/mol. The van der Waals surface area contributed by atoms with Crippen LogP contribution in [0.1, 0.15) is 33.9 Å². The van der Waals surface area contributed by atoms with E-state index >= 15 is 4.39 Å². The first-order valence-corrected chi connectivity index (χ1v) is 10.3. The van der Waals surface area contributed by atoms with Crippen LogP contribution < -0.4 is 10.1 Å². The minimum Gasteiger partial charge on any atom is -0.489 e. The Hall–Kier alpha value is -2.86. The average Bonchev–Trinajstić information content (AvgIpc) is 3.22. The summed E-state index contributed by atoms with van der Waals surface area (Å²) in [5.74, 6) is 0.146. The number of nitrogens with one attached hydrogen (secondary N) is 1. The van der Waals surface area contributed by atoms with E-state index in [0.717, 1.165) is 21.7 Å². The van der Waals surface area contributed by atoms with Crippen molar-refractivity contribution in [2.75, 3.05) is 11.9 Å². The monoisotopic (exact) mass is 411 g/mol. The summed E-state index contributed by atoms with van der Waals surface area (Å²) in [5.41, 5.74) is 3.86. The molecule has 1 atom stereocenters. The number of hydrogen-bond acceptors (Lipinski definition) is 5. The first-order chi connectivity index (χ1) is 13.9. The van der Waals surface area contributed by atoms with Crippen molar-refractivity contribution in [1.82, 2.24) is 0 Å². The molecule has 1 aliphatic rings. The number of aryl methyl sites for hydroxylation is 2. The van der Waals surface area contributed by atoms with Gasteiger partial charge in [-0.05, 0) is 37.6 Å². The van der Waals surface area contributed by atoms with Crippen molar-refractivity contribution in [2.24, 2.45) is 0 Å². The number of benzene rings is 2. The molecule has 0 saturated heterocycles. The fraction of sp³-hybridized carbons (Fsp3) is 0.261. The van der Waals surface area contributed by atoms with Crippen LogP contribution in [0.4, 0.5) is 10.1 Å². The topological polar surface area (TPSA) is 47.6 Å². The molecule has 0 radical (unpaired) electrons. The van der Waals surface area contributed by atoms with Crippen molar-refractivity contribution in [3.8, 4) is 16.9 Å². The Morgan fingerprint density at radius 2 is 2.07 bits per heavy atom. The molecule has 0 spiro atoms. The maximum Gasteiger partial charge on any atom is 0.303 e. The molecule has 0 bridgehead atoms. The lowest BCUT2D eigenvalue weighted by Gasteiger charge is -2.12. The van der Waals surface area contributed by atoms with Crippen molar-refractivity contribution in [3.05, 3.63) is 69.2 Å². The summed E-state index contributed by atoms with van der Waals surface area (Å²) < 4.78 is 26.0. The summed E-state index contributed by atoms with van der Waals surface area (Å²) in [6.45, 7) is 6.11. The molecule has 2 heterocycles. The van der Waals surface area contributed by atoms with Gasteiger partial charge in [-0.15, -0.1) is 11.3 Å². The van der Waals surface area contributed by atoms with Gasteiger partial charge >= 0.3 is 5.97 Å². The van der Waals surface area contributed by atoms with Gasteiger partial charge in [0.25, 0.3) is 0 Å². The van der Waals surface area contributed by atoms with Crippen LogP contribution in [-0.4, -0.2) is 12.6 Å². The van der Waals surface area contributed by atoms with Crippen molar-refractivity contribution in [2.45, 2.75) is 33.4 Å². The molecule has 0 unspecified atom stereocenters. The summed E-state index contributed by atoms with van der Waals surface area (Å²) >= 11 is 1.68. The van der Waals surface area contributed by atoms with E-state index in [4.69, 9.17) is 9.47 Å². The smallest absolute Gasteiger partial charge is 0.303 e. The molecule has 2 aromatic carbocycles. The zero-order valence-electron chi connectivity index (χ0n) is 16.5. The standard InChI is InChI=1S/C23H22FNO3S/c1-13-9-20(14(2)29-13)18-6-4-5-16(23(18)24)11-25-17-7-8-19-21(10-17)27-12-22(19)28-15(3)26/h4-10,22,25H,11-12H2,1-3H3/t22-/m1/s1. The fourth-order valence-corrected chi connectivity index (χ4v) is 4.55. The summed E-state index contributed by atoms with van der Waals surface area (Å²) in [4.78, 5) is 13.5. The van der Waals surface area contributed by atoms with Gasteiger partial charge in [0.15, 0.2) is 6.10 Å². The highest BCUT2D eigenvalue weighted by Gasteiger charge is 2.26. The molecular weight excluding hydrogens is 389 g/mol. The zero-order valence-corrected chi connectivity index (χ0v) is 17.4. The predicted octanol–water partition coefficient (Wildman–Crippen LogP) is 5.78. The van der Waals surface area contributed by atoms with E-state index in [0.29, 0.717) is 30.0 Å². The fourth-order valence-electron chi connectivity index (χ4n) is 3.61. The van der Waals surface area contributed by atoms with E-state index in [1.54, 1.807) is 17.4 Å². The van der Waals surface area contributed by atoms with Crippen molar-refractivity contribution in [1.29, 1.82) is 0 Å². The number of rotatable bonds is 5. The molecule has 4 rings (SSSR count). The van der Waals surface area contributed by atoms with Crippen LogP contribution in [-0.2, 0) is 16.1 Å². The Morgan fingerprint density at radius 3 is 2.79 bits per heavy atom. The Labute approximate surface area is 173 Å². The quantitative estimate of drug-likeness (QED) is 0.541. The molecule has 4 nitrogen and oxygen atoms in total. The van der Waals surface area contributed by atoms with Crippen LogP contribution in [0, 0.1) is 19.7 Å². The number of thiophene rings is 1. The highest BCUT2D eigenvalue weighted by atomic mass is 32.1. The number of carbonyl (C=O) groups excluding carboxylic acids is 1. The van der Waals surface area contributed by atoms with Crippen LogP contribution in [0.15, 0.2) is 42.5 Å². The summed E-state index contributed by atoms with van der Waals surface area (Å²) in [7, 11) is 0. The molecule has 0 amide bonds. The van der Waals surface area contributed by atoms with Crippen LogP contribution >= 0.6 is 11.3 Å². The molecule has 0 fully saturated rings. The second-order valence-electron chi connectivity index (χ2n) is 7.12. The molecule has 29 heavy (non-hydrogen) atoms. The molecule has 0 saturated carbocycles. The Bertz CT molecular complexity index is 1080. The van der Waals surface area contributed by atoms with Gasteiger partial charge < -0.3 is 14.8 Å². The number of halogens is 1. The van der Waals surface area contributed by atoms with Gasteiger partial charge in [-0.25, -0.2) is 4.39 Å². The van der Waals surface area contributed by atoms with Crippen molar-refractivity contribution >= 4 is 23.0 Å². The van der Waals surface area contributed by atoms with Crippen LogP contribution in [0.3, 0.4) is 0 Å². The number of hydrogen-bond donors (Lipinski definition) is 1. The van der Waals surface area contributed by atoms with Crippen LogP contribution in [0.5, 0.6) is 5.75 Å². The molecule has 3 aromatic rings. The summed E-state index contributed by atoms with van der Waals surface area (Å²) in [6, 6.07) is 13.2. The Balaban J connectivity index is 1.51. The van der Waals surface area contributed by atoms with Crippen molar-refractivity contribution < 1.29 is 18.7 Å². The zero-order chi connectivity index (χ0) is 20.5. The highest BCUT2D eigenvalue weighted by Crippen LogP contribution is 2.37. The molecule has 150 valence electrons. The summed E-state index contributed by atoms with van der Waals surface area (Å²) in [5, 5.41) is 3.26. The molecule has 6 heteroatoms. The summed E-state index contributed by atoms with van der Waals surface area (Å²) in [6.07, 6.45) is -0.372. The number of anilines is 1. The van der Waals surface area contributed by atoms with E-state index in [1.165, 1.54) is 11.8 Å². The van der Waals surface area contributed by atoms with Gasteiger partial charge in [-0.3, -0.25) is 4.79 Å². The maximum absolute atomic E-state index is 15.1. The lowest BCUT2D eigenvalue weighted by molar-refractivity contribution is -0.147. The van der Waals surface area contributed by atoms with Crippen LogP contribution in [0.2, 0.25) is 0 Å². The first kappa shape index (κ1) is 19.5. The second kappa shape index (κ2) is 7.87. The number of esters is 1. The Kier molecular flexibility index (Phi) is 5.28. The molecule has 0 aliphatic carbocycles. The SMILES string of the molecule is CC(=O)O[C@@H]1COc2cc(NCc3cccc(-c4cc(C)sc4C)c3F)ccc21. The largest absolute Gasteiger partial charge is 0.489 e.